The molecule has 0 saturated carbocycles. The molecule has 2 saturated heterocycles. The van der Waals surface area contributed by atoms with E-state index in [1.54, 1.807) is 18.5 Å². The Balaban J connectivity index is 1.73. The Morgan fingerprint density at radius 3 is 3.05 bits per heavy atom. The fraction of sp³-hybridized carbons (Fsp3) is 0.500. The SMILES string of the molecule is O=C1CCC[C@@H]2CN(C(=O)c3cncc(Br)c3)C[C@@H]2N1. The summed E-state index contributed by atoms with van der Waals surface area (Å²) in [6, 6.07) is 1.89. The second-order valence-corrected chi connectivity index (χ2v) is 6.34. The van der Waals surface area contributed by atoms with Crippen LogP contribution in [0.2, 0.25) is 0 Å². The van der Waals surface area contributed by atoms with Crippen molar-refractivity contribution < 1.29 is 9.59 Å². The van der Waals surface area contributed by atoms with Gasteiger partial charge in [0, 0.05) is 36.4 Å². The predicted molar refractivity (Wildman–Crippen MR) is 77.1 cm³/mol. The molecule has 0 aliphatic carbocycles. The largest absolute Gasteiger partial charge is 0.351 e. The van der Waals surface area contributed by atoms with E-state index >= 15 is 0 Å². The molecule has 6 heteroatoms. The van der Waals surface area contributed by atoms with Crippen molar-refractivity contribution in [2.24, 2.45) is 5.92 Å². The molecule has 5 nitrogen and oxygen atoms in total. The van der Waals surface area contributed by atoms with Crippen molar-refractivity contribution in [3.05, 3.63) is 28.5 Å². The van der Waals surface area contributed by atoms with Crippen LogP contribution < -0.4 is 5.32 Å². The Bertz CT molecular complexity index is 549. The first-order valence-electron chi connectivity index (χ1n) is 6.82. The van der Waals surface area contributed by atoms with Crippen molar-refractivity contribution in [1.29, 1.82) is 0 Å². The fourth-order valence-corrected chi connectivity index (χ4v) is 3.37. The number of pyridine rings is 1. The lowest BCUT2D eigenvalue weighted by Gasteiger charge is -2.17. The van der Waals surface area contributed by atoms with Crippen molar-refractivity contribution in [3.63, 3.8) is 0 Å². The second-order valence-electron chi connectivity index (χ2n) is 5.43. The number of carbonyl (C=O) groups is 2. The molecule has 3 heterocycles. The van der Waals surface area contributed by atoms with E-state index < -0.39 is 0 Å². The Kier molecular flexibility index (Phi) is 3.74. The van der Waals surface area contributed by atoms with Crippen LogP contribution in [0.5, 0.6) is 0 Å². The highest BCUT2D eigenvalue weighted by Crippen LogP contribution is 2.26. The number of likely N-dealkylation sites (tertiary alicyclic amines) is 1. The van der Waals surface area contributed by atoms with E-state index in [1.807, 2.05) is 4.90 Å². The summed E-state index contributed by atoms with van der Waals surface area (Å²) in [4.78, 5) is 29.9. The third-order valence-electron chi connectivity index (χ3n) is 4.01. The summed E-state index contributed by atoms with van der Waals surface area (Å²) in [5.41, 5.74) is 0.585. The molecule has 1 N–H and O–H groups in total. The van der Waals surface area contributed by atoms with Gasteiger partial charge in [-0.15, -0.1) is 0 Å². The first-order chi connectivity index (χ1) is 9.63. The molecule has 2 aliphatic heterocycles. The Labute approximate surface area is 125 Å². The average molecular weight is 338 g/mol. The summed E-state index contributed by atoms with van der Waals surface area (Å²) in [6.07, 6.45) is 5.76. The minimum Gasteiger partial charge on any atom is -0.351 e. The van der Waals surface area contributed by atoms with E-state index in [2.05, 4.69) is 26.2 Å². The number of nitrogens with one attached hydrogen (secondary N) is 1. The molecule has 0 bridgehead atoms. The van der Waals surface area contributed by atoms with Gasteiger partial charge in [0.15, 0.2) is 0 Å². The van der Waals surface area contributed by atoms with Crippen LogP contribution in [0.25, 0.3) is 0 Å². The Morgan fingerprint density at radius 2 is 2.25 bits per heavy atom. The molecule has 1 aromatic heterocycles. The number of hydrogen-bond acceptors (Lipinski definition) is 3. The number of hydrogen-bond donors (Lipinski definition) is 1. The van der Waals surface area contributed by atoms with Gasteiger partial charge in [-0.3, -0.25) is 14.6 Å². The van der Waals surface area contributed by atoms with Crippen LogP contribution in [-0.2, 0) is 4.79 Å². The summed E-state index contributed by atoms with van der Waals surface area (Å²) < 4.78 is 0.796. The van der Waals surface area contributed by atoms with Gasteiger partial charge in [-0.1, -0.05) is 0 Å². The van der Waals surface area contributed by atoms with Crippen LogP contribution in [0.4, 0.5) is 0 Å². The van der Waals surface area contributed by atoms with Crippen LogP contribution >= 0.6 is 15.9 Å². The summed E-state index contributed by atoms with van der Waals surface area (Å²) in [7, 11) is 0. The molecular weight excluding hydrogens is 322 g/mol. The van der Waals surface area contributed by atoms with Crippen molar-refractivity contribution in [2.75, 3.05) is 13.1 Å². The number of halogens is 1. The third-order valence-corrected chi connectivity index (χ3v) is 4.44. The topological polar surface area (TPSA) is 62.3 Å². The van der Waals surface area contributed by atoms with E-state index in [4.69, 9.17) is 0 Å². The third kappa shape index (κ3) is 2.70. The van der Waals surface area contributed by atoms with E-state index in [-0.39, 0.29) is 17.9 Å². The molecule has 1 aromatic rings. The fourth-order valence-electron chi connectivity index (χ4n) is 3.01. The Morgan fingerprint density at radius 1 is 1.40 bits per heavy atom. The number of rotatable bonds is 1. The quantitative estimate of drug-likeness (QED) is 0.846. The van der Waals surface area contributed by atoms with Crippen molar-refractivity contribution in [2.45, 2.75) is 25.3 Å². The summed E-state index contributed by atoms with van der Waals surface area (Å²) >= 11 is 3.33. The first-order valence-corrected chi connectivity index (χ1v) is 7.62. The van der Waals surface area contributed by atoms with Gasteiger partial charge in [-0.05, 0) is 40.8 Å². The number of carbonyl (C=O) groups excluding carboxylic acids is 2. The molecule has 0 radical (unpaired) electrons. The Hall–Kier alpha value is -1.43. The standard InChI is InChI=1S/C14H16BrN3O2/c15-11-4-10(5-16-6-11)14(20)18-7-9-2-1-3-13(19)17-12(9)8-18/h4-6,9,12H,1-3,7-8H2,(H,17,19)/t9-,12+/m1/s1. The molecule has 3 rings (SSSR count). The normalized spacial score (nSPS) is 25.9. The van der Waals surface area contributed by atoms with Gasteiger partial charge in [0.25, 0.3) is 5.91 Å². The number of amides is 2. The molecule has 0 aromatic carbocycles. The molecule has 106 valence electrons. The van der Waals surface area contributed by atoms with Gasteiger partial charge in [0.2, 0.25) is 5.91 Å². The number of fused-ring (bicyclic) bond motifs is 1. The highest BCUT2D eigenvalue weighted by Gasteiger charge is 2.37. The first kappa shape index (κ1) is 13.5. The zero-order valence-corrected chi connectivity index (χ0v) is 12.6. The van der Waals surface area contributed by atoms with E-state index in [9.17, 15) is 9.59 Å². The van der Waals surface area contributed by atoms with Gasteiger partial charge in [0.05, 0.1) is 11.6 Å². The van der Waals surface area contributed by atoms with E-state index in [1.165, 1.54) is 0 Å². The van der Waals surface area contributed by atoms with Gasteiger partial charge < -0.3 is 10.2 Å². The molecule has 2 fully saturated rings. The van der Waals surface area contributed by atoms with Crippen LogP contribution in [0.15, 0.2) is 22.9 Å². The van der Waals surface area contributed by atoms with E-state index in [0.29, 0.717) is 24.4 Å². The minimum absolute atomic E-state index is 0.0128. The highest BCUT2D eigenvalue weighted by atomic mass is 79.9. The summed E-state index contributed by atoms with van der Waals surface area (Å²) in [5, 5.41) is 3.03. The molecule has 0 unspecified atom stereocenters. The maximum atomic E-state index is 12.5. The van der Waals surface area contributed by atoms with Crippen molar-refractivity contribution >= 4 is 27.7 Å². The van der Waals surface area contributed by atoms with Crippen LogP contribution in [0, 0.1) is 5.92 Å². The maximum absolute atomic E-state index is 12.5. The highest BCUT2D eigenvalue weighted by molar-refractivity contribution is 9.10. The zero-order valence-electron chi connectivity index (χ0n) is 11.0. The molecule has 20 heavy (non-hydrogen) atoms. The van der Waals surface area contributed by atoms with E-state index in [0.717, 1.165) is 23.9 Å². The zero-order chi connectivity index (χ0) is 14.1. The van der Waals surface area contributed by atoms with Gasteiger partial charge in [-0.2, -0.15) is 0 Å². The number of nitrogens with zero attached hydrogens (tertiary/aromatic N) is 2. The van der Waals surface area contributed by atoms with Crippen LogP contribution in [0.3, 0.4) is 0 Å². The number of aromatic nitrogens is 1. The predicted octanol–water partition coefficient (Wildman–Crippen LogP) is 1.58. The lowest BCUT2D eigenvalue weighted by atomic mass is 9.99. The van der Waals surface area contributed by atoms with Gasteiger partial charge in [-0.25, -0.2) is 0 Å². The molecule has 2 amide bonds. The molecule has 2 aliphatic rings. The molecule has 0 spiro atoms. The average Bonchev–Trinajstić information content (AvgIpc) is 2.73. The minimum atomic E-state index is -0.0128. The summed E-state index contributed by atoms with van der Waals surface area (Å²) in [5.74, 6) is 0.475. The van der Waals surface area contributed by atoms with Gasteiger partial charge in [0.1, 0.15) is 0 Å². The lowest BCUT2D eigenvalue weighted by Crippen LogP contribution is -2.39. The second kappa shape index (κ2) is 5.52. The lowest BCUT2D eigenvalue weighted by molar-refractivity contribution is -0.121. The smallest absolute Gasteiger partial charge is 0.255 e. The summed E-state index contributed by atoms with van der Waals surface area (Å²) in [6.45, 7) is 1.32. The maximum Gasteiger partial charge on any atom is 0.255 e. The molecule has 2 atom stereocenters. The van der Waals surface area contributed by atoms with Crippen molar-refractivity contribution in [3.8, 4) is 0 Å². The van der Waals surface area contributed by atoms with Gasteiger partial charge >= 0.3 is 0 Å². The monoisotopic (exact) mass is 337 g/mol. The van der Waals surface area contributed by atoms with Crippen molar-refractivity contribution in [1.82, 2.24) is 15.2 Å². The van der Waals surface area contributed by atoms with Crippen LogP contribution in [-0.4, -0.2) is 40.8 Å². The molecular formula is C14H16BrN3O2. The van der Waals surface area contributed by atoms with Crippen LogP contribution in [0.1, 0.15) is 29.6 Å².